The molecule has 0 amide bonds. The highest BCUT2D eigenvalue weighted by Crippen LogP contribution is 2.29. The molecule has 0 fully saturated rings. The molecule has 6 heteroatoms. The molecular formula is C24H26O6. The van der Waals surface area contributed by atoms with Gasteiger partial charge < -0.3 is 18.6 Å². The van der Waals surface area contributed by atoms with Gasteiger partial charge in [0, 0.05) is 6.07 Å². The van der Waals surface area contributed by atoms with Crippen LogP contribution in [0.1, 0.15) is 37.0 Å². The summed E-state index contributed by atoms with van der Waals surface area (Å²) in [5.41, 5.74) is 3.16. The molecule has 0 aliphatic rings. The van der Waals surface area contributed by atoms with Crippen LogP contribution >= 0.6 is 0 Å². The van der Waals surface area contributed by atoms with Crippen LogP contribution in [0, 0.1) is 20.8 Å². The van der Waals surface area contributed by atoms with E-state index in [0.717, 1.165) is 23.1 Å². The van der Waals surface area contributed by atoms with E-state index in [-0.39, 0.29) is 11.2 Å². The number of fused-ring (bicyclic) bond motifs is 1. The summed E-state index contributed by atoms with van der Waals surface area (Å²) in [5, 5.41) is 0.364. The maximum Gasteiger partial charge on any atom is 0.347 e. The lowest BCUT2D eigenvalue weighted by Gasteiger charge is -2.14. The fourth-order valence-corrected chi connectivity index (χ4v) is 3.03. The average Bonchev–Trinajstić information content (AvgIpc) is 2.71. The first-order valence-electron chi connectivity index (χ1n) is 9.94. The van der Waals surface area contributed by atoms with Crippen LogP contribution < -0.4 is 14.9 Å². The Labute approximate surface area is 175 Å². The van der Waals surface area contributed by atoms with Gasteiger partial charge in [-0.2, -0.15) is 0 Å². The Morgan fingerprint density at radius 1 is 1.10 bits per heavy atom. The first-order valence-corrected chi connectivity index (χ1v) is 9.94. The van der Waals surface area contributed by atoms with Gasteiger partial charge >= 0.3 is 5.97 Å². The van der Waals surface area contributed by atoms with Crippen molar-refractivity contribution in [3.05, 3.63) is 63.5 Å². The molecule has 6 nitrogen and oxygen atoms in total. The predicted octanol–water partition coefficient (Wildman–Crippen LogP) is 5.23. The van der Waals surface area contributed by atoms with E-state index in [1.807, 2.05) is 33.8 Å². The SMILES string of the molecule is CCCOC(=O)[C@@H](C)Oc1ccc2c(=O)c(Oc3cc(C)cc(C)c3C)coc2c1. The Morgan fingerprint density at radius 2 is 1.87 bits per heavy atom. The molecule has 0 aliphatic heterocycles. The zero-order chi connectivity index (χ0) is 21.8. The number of carbonyl (C=O) groups excluding carboxylic acids is 1. The van der Waals surface area contributed by atoms with E-state index in [9.17, 15) is 9.59 Å². The van der Waals surface area contributed by atoms with Crippen LogP contribution in [0.3, 0.4) is 0 Å². The van der Waals surface area contributed by atoms with Gasteiger partial charge in [0.25, 0.3) is 0 Å². The molecule has 0 saturated heterocycles. The van der Waals surface area contributed by atoms with E-state index in [4.69, 9.17) is 18.6 Å². The largest absolute Gasteiger partial charge is 0.479 e. The van der Waals surface area contributed by atoms with Crippen LogP contribution in [0.25, 0.3) is 11.0 Å². The molecule has 158 valence electrons. The van der Waals surface area contributed by atoms with Gasteiger partial charge in [0.1, 0.15) is 23.3 Å². The third-order valence-corrected chi connectivity index (χ3v) is 4.79. The molecule has 3 rings (SSSR count). The van der Waals surface area contributed by atoms with Gasteiger partial charge in [-0.15, -0.1) is 0 Å². The van der Waals surface area contributed by atoms with Crippen LogP contribution in [-0.2, 0) is 9.53 Å². The maximum absolute atomic E-state index is 12.9. The molecule has 0 saturated carbocycles. The number of ether oxygens (including phenoxy) is 3. The minimum absolute atomic E-state index is 0.112. The average molecular weight is 410 g/mol. The van der Waals surface area contributed by atoms with Crippen molar-refractivity contribution < 1.29 is 23.4 Å². The summed E-state index contributed by atoms with van der Waals surface area (Å²) in [6.07, 6.45) is 1.27. The van der Waals surface area contributed by atoms with E-state index in [0.29, 0.717) is 29.1 Å². The number of aryl methyl sites for hydroxylation is 2. The lowest BCUT2D eigenvalue weighted by Crippen LogP contribution is -2.26. The smallest absolute Gasteiger partial charge is 0.347 e. The third-order valence-electron chi connectivity index (χ3n) is 4.79. The number of hydrogen-bond acceptors (Lipinski definition) is 6. The third kappa shape index (κ3) is 4.64. The zero-order valence-corrected chi connectivity index (χ0v) is 17.9. The zero-order valence-electron chi connectivity index (χ0n) is 17.9. The van der Waals surface area contributed by atoms with E-state index >= 15 is 0 Å². The topological polar surface area (TPSA) is 75.0 Å². The Bertz CT molecular complexity index is 1130. The fourth-order valence-electron chi connectivity index (χ4n) is 3.03. The Hall–Kier alpha value is -3.28. The Kier molecular flexibility index (Phi) is 6.45. The Balaban J connectivity index is 1.85. The molecule has 1 aromatic heterocycles. The van der Waals surface area contributed by atoms with Crippen LogP contribution in [0.2, 0.25) is 0 Å². The summed E-state index contributed by atoms with van der Waals surface area (Å²) >= 11 is 0. The summed E-state index contributed by atoms with van der Waals surface area (Å²) in [4.78, 5) is 24.8. The summed E-state index contributed by atoms with van der Waals surface area (Å²) in [6, 6.07) is 8.75. The van der Waals surface area contributed by atoms with Crippen molar-refractivity contribution in [3.63, 3.8) is 0 Å². The highest BCUT2D eigenvalue weighted by Gasteiger charge is 2.17. The molecule has 1 atom stereocenters. The molecule has 0 aliphatic carbocycles. The summed E-state index contributed by atoms with van der Waals surface area (Å²) in [7, 11) is 0. The van der Waals surface area contributed by atoms with E-state index in [2.05, 4.69) is 6.07 Å². The lowest BCUT2D eigenvalue weighted by atomic mass is 10.1. The first kappa shape index (κ1) is 21.4. The molecule has 2 aromatic carbocycles. The van der Waals surface area contributed by atoms with Gasteiger partial charge in [-0.3, -0.25) is 4.79 Å². The summed E-state index contributed by atoms with van der Waals surface area (Å²) < 4.78 is 22.2. The molecular weight excluding hydrogens is 384 g/mol. The van der Waals surface area contributed by atoms with E-state index in [1.165, 1.54) is 6.26 Å². The molecule has 0 N–H and O–H groups in total. The quantitative estimate of drug-likeness (QED) is 0.497. The maximum atomic E-state index is 12.9. The molecule has 0 spiro atoms. The molecule has 30 heavy (non-hydrogen) atoms. The molecule has 0 unspecified atom stereocenters. The second kappa shape index (κ2) is 9.03. The number of benzene rings is 2. The minimum atomic E-state index is -0.768. The standard InChI is InChI=1S/C24H26O6/c1-6-9-27-24(26)17(5)29-18-7-8-19-21(12-18)28-13-22(23(19)25)30-20-11-14(2)10-15(3)16(20)4/h7-8,10-13,17H,6,9H2,1-5H3/t17-/m1/s1. The van der Waals surface area contributed by atoms with Crippen LogP contribution in [0.4, 0.5) is 0 Å². The van der Waals surface area contributed by atoms with Crippen molar-refractivity contribution in [2.24, 2.45) is 0 Å². The normalized spacial score (nSPS) is 11.9. The van der Waals surface area contributed by atoms with Crippen molar-refractivity contribution in [3.8, 4) is 17.2 Å². The lowest BCUT2D eigenvalue weighted by molar-refractivity contribution is -0.151. The number of rotatable bonds is 7. The van der Waals surface area contributed by atoms with Crippen molar-refractivity contribution in [2.75, 3.05) is 6.61 Å². The predicted molar refractivity (Wildman–Crippen MR) is 115 cm³/mol. The van der Waals surface area contributed by atoms with Crippen LogP contribution in [0.15, 0.2) is 45.8 Å². The van der Waals surface area contributed by atoms with Gasteiger partial charge in [0.2, 0.25) is 11.2 Å². The minimum Gasteiger partial charge on any atom is -0.479 e. The molecule has 1 heterocycles. The number of carbonyl (C=O) groups is 1. The van der Waals surface area contributed by atoms with Gasteiger partial charge in [0.05, 0.1) is 12.0 Å². The molecule has 0 bridgehead atoms. The van der Waals surface area contributed by atoms with Gasteiger partial charge in [-0.05, 0) is 69.0 Å². The number of hydrogen-bond donors (Lipinski definition) is 0. The Morgan fingerprint density at radius 3 is 2.60 bits per heavy atom. The van der Waals surface area contributed by atoms with Crippen LogP contribution in [0.5, 0.6) is 17.2 Å². The van der Waals surface area contributed by atoms with Crippen molar-refractivity contribution >= 4 is 16.9 Å². The summed E-state index contributed by atoms with van der Waals surface area (Å²) in [6.45, 7) is 9.80. The van der Waals surface area contributed by atoms with E-state index in [1.54, 1.807) is 25.1 Å². The number of esters is 1. The highest BCUT2D eigenvalue weighted by atomic mass is 16.6. The van der Waals surface area contributed by atoms with Crippen LogP contribution in [-0.4, -0.2) is 18.7 Å². The molecule has 3 aromatic rings. The van der Waals surface area contributed by atoms with E-state index < -0.39 is 12.1 Å². The summed E-state index contributed by atoms with van der Waals surface area (Å²) in [5.74, 6) is 0.704. The second-order valence-electron chi connectivity index (χ2n) is 7.32. The monoisotopic (exact) mass is 410 g/mol. The molecule has 0 radical (unpaired) electrons. The van der Waals surface area contributed by atoms with Gasteiger partial charge in [-0.1, -0.05) is 13.0 Å². The first-order chi connectivity index (χ1) is 14.3. The van der Waals surface area contributed by atoms with Gasteiger partial charge in [-0.25, -0.2) is 4.79 Å². The second-order valence-corrected chi connectivity index (χ2v) is 7.32. The highest BCUT2D eigenvalue weighted by molar-refractivity contribution is 5.79. The fraction of sp³-hybridized carbons (Fsp3) is 0.333. The van der Waals surface area contributed by atoms with Crippen molar-refractivity contribution in [2.45, 2.75) is 47.1 Å². The van der Waals surface area contributed by atoms with Crippen molar-refractivity contribution in [1.29, 1.82) is 0 Å². The van der Waals surface area contributed by atoms with Crippen molar-refractivity contribution in [1.82, 2.24) is 0 Å². The van der Waals surface area contributed by atoms with Gasteiger partial charge in [0.15, 0.2) is 6.10 Å².